The van der Waals surface area contributed by atoms with Crippen LogP contribution in [-0.2, 0) is 9.84 Å². The van der Waals surface area contributed by atoms with E-state index < -0.39 is 9.84 Å². The first-order valence-electron chi connectivity index (χ1n) is 9.22. The number of likely N-dealkylation sites (tertiary alicyclic amines) is 1. The predicted octanol–water partition coefficient (Wildman–Crippen LogP) is 3.69. The summed E-state index contributed by atoms with van der Waals surface area (Å²) in [6.45, 7) is 3.01. The van der Waals surface area contributed by atoms with Crippen LogP contribution in [0.2, 0.25) is 0 Å². The van der Waals surface area contributed by atoms with Crippen LogP contribution in [0.3, 0.4) is 0 Å². The molecule has 2 N–H and O–H groups in total. The van der Waals surface area contributed by atoms with E-state index in [1.54, 1.807) is 4.90 Å². The number of nitrogens with zero attached hydrogens (tertiary/aromatic N) is 1. The van der Waals surface area contributed by atoms with Crippen LogP contribution in [-0.4, -0.2) is 43.3 Å². The van der Waals surface area contributed by atoms with Gasteiger partial charge in [-0.1, -0.05) is 38.0 Å². The molecule has 5 nitrogen and oxygen atoms in total. The van der Waals surface area contributed by atoms with Gasteiger partial charge in [-0.25, -0.2) is 8.42 Å². The monoisotopic (exact) mass is 394 g/mol. The minimum absolute atomic E-state index is 0.0817. The molecule has 1 saturated heterocycles. The van der Waals surface area contributed by atoms with Crippen LogP contribution in [0.4, 0.5) is 5.00 Å². The number of nitrogens with two attached hydrogens (primary N) is 1. The van der Waals surface area contributed by atoms with Crippen molar-refractivity contribution in [3.63, 3.8) is 0 Å². The first kappa shape index (κ1) is 19.2. The molecule has 2 aromatic rings. The summed E-state index contributed by atoms with van der Waals surface area (Å²) in [5.41, 5.74) is 6.67. The Labute approximate surface area is 159 Å². The number of anilines is 1. The lowest BCUT2D eigenvalue weighted by atomic mass is 10.1. The van der Waals surface area contributed by atoms with E-state index in [0.717, 1.165) is 29.3 Å². The summed E-state index contributed by atoms with van der Waals surface area (Å²) < 4.78 is 25.9. The molecule has 0 atom stereocenters. The topological polar surface area (TPSA) is 80.5 Å². The Balaban J connectivity index is 1.68. The van der Waals surface area contributed by atoms with Gasteiger partial charge >= 0.3 is 0 Å². The summed E-state index contributed by atoms with van der Waals surface area (Å²) in [5.74, 6) is 0.184. The minimum Gasteiger partial charge on any atom is -0.390 e. The maximum absolute atomic E-state index is 13.0. The fourth-order valence-electron chi connectivity index (χ4n) is 3.58. The quantitative estimate of drug-likeness (QED) is 0.758. The van der Waals surface area contributed by atoms with E-state index in [-0.39, 0.29) is 16.9 Å². The third-order valence-electron chi connectivity index (χ3n) is 5.11. The van der Waals surface area contributed by atoms with Crippen LogP contribution in [0.15, 0.2) is 24.3 Å². The fourth-order valence-corrected chi connectivity index (χ4v) is 6.41. The van der Waals surface area contributed by atoms with Crippen molar-refractivity contribution >= 4 is 42.2 Å². The van der Waals surface area contributed by atoms with E-state index in [2.05, 4.69) is 6.92 Å². The van der Waals surface area contributed by atoms with E-state index in [1.165, 1.54) is 11.3 Å². The van der Waals surface area contributed by atoms with Crippen molar-refractivity contribution in [3.05, 3.63) is 29.8 Å². The Hall–Kier alpha value is -1.60. The molecule has 1 amide bonds. The molecule has 1 aliphatic heterocycles. The second kappa shape index (κ2) is 7.96. The zero-order valence-electron chi connectivity index (χ0n) is 15.1. The Morgan fingerprint density at radius 3 is 2.62 bits per heavy atom. The van der Waals surface area contributed by atoms with Gasteiger partial charge in [-0.3, -0.25) is 4.79 Å². The average Bonchev–Trinajstić information content (AvgIpc) is 2.97. The summed E-state index contributed by atoms with van der Waals surface area (Å²) >= 11 is 1.42. The number of fused-ring (bicyclic) bond motifs is 1. The molecule has 1 aromatic carbocycles. The van der Waals surface area contributed by atoms with Gasteiger partial charge in [-0.2, -0.15) is 0 Å². The number of piperidine rings is 1. The molecular weight excluding hydrogens is 368 g/mol. The number of rotatable bonds is 6. The molecule has 0 saturated carbocycles. The molecule has 26 heavy (non-hydrogen) atoms. The molecule has 0 aliphatic carbocycles. The summed E-state index contributed by atoms with van der Waals surface area (Å²) in [7, 11) is -3.06. The number of carbonyl (C=O) groups is 1. The minimum atomic E-state index is -3.06. The number of nitrogen functional groups attached to an aromatic ring is 1. The van der Waals surface area contributed by atoms with Crippen molar-refractivity contribution in [1.29, 1.82) is 0 Å². The molecule has 0 radical (unpaired) electrons. The summed E-state index contributed by atoms with van der Waals surface area (Å²) in [6.07, 6.45) is 3.72. The van der Waals surface area contributed by atoms with Gasteiger partial charge in [0.25, 0.3) is 5.91 Å². The lowest BCUT2D eigenvalue weighted by Crippen LogP contribution is -2.43. The highest BCUT2D eigenvalue weighted by Gasteiger charge is 2.32. The van der Waals surface area contributed by atoms with Crippen LogP contribution >= 0.6 is 11.3 Å². The van der Waals surface area contributed by atoms with Crippen molar-refractivity contribution in [3.8, 4) is 0 Å². The molecule has 0 spiro atoms. The molecule has 1 fully saturated rings. The molecule has 7 heteroatoms. The smallest absolute Gasteiger partial charge is 0.257 e. The van der Waals surface area contributed by atoms with E-state index in [0.29, 0.717) is 36.5 Å². The molecule has 1 aromatic heterocycles. The highest BCUT2D eigenvalue weighted by molar-refractivity contribution is 7.92. The molecule has 0 unspecified atom stereocenters. The van der Waals surface area contributed by atoms with Crippen LogP contribution in [0.25, 0.3) is 10.1 Å². The Kier molecular flexibility index (Phi) is 5.87. The predicted molar refractivity (Wildman–Crippen MR) is 108 cm³/mol. The molecule has 1 aliphatic rings. The van der Waals surface area contributed by atoms with Gasteiger partial charge in [-0.15, -0.1) is 11.3 Å². The number of thiophene rings is 1. The van der Waals surface area contributed by atoms with Gasteiger partial charge in [-0.05, 0) is 25.3 Å². The summed E-state index contributed by atoms with van der Waals surface area (Å²) in [4.78, 5) is 14.7. The van der Waals surface area contributed by atoms with E-state index >= 15 is 0 Å². The van der Waals surface area contributed by atoms with E-state index in [9.17, 15) is 13.2 Å². The molecule has 142 valence electrons. The number of unbranched alkanes of at least 4 members (excludes halogenated alkanes) is 2. The van der Waals surface area contributed by atoms with Gasteiger partial charge in [0, 0.05) is 23.2 Å². The van der Waals surface area contributed by atoms with Crippen LogP contribution in [0.1, 0.15) is 49.4 Å². The van der Waals surface area contributed by atoms with Crippen molar-refractivity contribution < 1.29 is 13.2 Å². The van der Waals surface area contributed by atoms with Gasteiger partial charge in [0.05, 0.1) is 21.6 Å². The zero-order valence-corrected chi connectivity index (χ0v) is 16.7. The third-order valence-corrected chi connectivity index (χ3v) is 8.45. The highest BCUT2D eigenvalue weighted by atomic mass is 32.2. The number of sulfone groups is 1. The Morgan fingerprint density at radius 1 is 1.23 bits per heavy atom. The van der Waals surface area contributed by atoms with Gasteiger partial charge in [0.1, 0.15) is 0 Å². The SMILES string of the molecule is CCCCCS(=O)(=O)C1CCN(C(=O)c2c(N)sc3ccccc23)CC1. The van der Waals surface area contributed by atoms with Gasteiger partial charge < -0.3 is 10.6 Å². The van der Waals surface area contributed by atoms with E-state index in [1.807, 2.05) is 24.3 Å². The lowest BCUT2D eigenvalue weighted by Gasteiger charge is -2.32. The van der Waals surface area contributed by atoms with Crippen LogP contribution in [0, 0.1) is 0 Å². The number of benzene rings is 1. The lowest BCUT2D eigenvalue weighted by molar-refractivity contribution is 0.0729. The number of hydrogen-bond acceptors (Lipinski definition) is 5. The fraction of sp³-hybridized carbons (Fsp3) is 0.526. The molecule has 2 heterocycles. The first-order chi connectivity index (χ1) is 12.4. The average molecular weight is 395 g/mol. The highest BCUT2D eigenvalue weighted by Crippen LogP contribution is 2.34. The summed E-state index contributed by atoms with van der Waals surface area (Å²) in [6, 6.07) is 7.71. The van der Waals surface area contributed by atoms with Crippen molar-refractivity contribution in [1.82, 2.24) is 4.90 Å². The second-order valence-electron chi connectivity index (χ2n) is 6.90. The van der Waals surface area contributed by atoms with E-state index in [4.69, 9.17) is 5.73 Å². The van der Waals surface area contributed by atoms with Crippen molar-refractivity contribution in [2.75, 3.05) is 24.6 Å². The number of carbonyl (C=O) groups excluding carboxylic acids is 1. The maximum atomic E-state index is 13.0. The number of amides is 1. The second-order valence-corrected chi connectivity index (χ2v) is 10.4. The summed E-state index contributed by atoms with van der Waals surface area (Å²) in [5, 5.41) is 1.10. The number of hydrogen-bond donors (Lipinski definition) is 1. The standard InChI is InChI=1S/C19H26N2O3S2/c1-2-3-6-13-26(23,24)14-9-11-21(12-10-14)19(22)17-15-7-4-5-8-16(15)25-18(17)20/h4-5,7-8,14H,2-3,6,9-13,20H2,1H3. The largest absolute Gasteiger partial charge is 0.390 e. The molecule has 3 rings (SSSR count). The Bertz CT molecular complexity index is 881. The third kappa shape index (κ3) is 3.88. The first-order valence-corrected chi connectivity index (χ1v) is 11.7. The van der Waals surface area contributed by atoms with Crippen molar-refractivity contribution in [2.45, 2.75) is 44.3 Å². The van der Waals surface area contributed by atoms with Crippen molar-refractivity contribution in [2.24, 2.45) is 0 Å². The normalized spacial score (nSPS) is 16.3. The zero-order chi connectivity index (χ0) is 18.7. The van der Waals surface area contributed by atoms with Gasteiger partial charge in [0.2, 0.25) is 0 Å². The van der Waals surface area contributed by atoms with Crippen LogP contribution < -0.4 is 5.73 Å². The molecular formula is C19H26N2O3S2. The maximum Gasteiger partial charge on any atom is 0.257 e. The van der Waals surface area contributed by atoms with Gasteiger partial charge in [0.15, 0.2) is 9.84 Å². The Morgan fingerprint density at radius 2 is 1.92 bits per heavy atom. The molecule has 0 bridgehead atoms. The van der Waals surface area contributed by atoms with Crippen LogP contribution in [0.5, 0.6) is 0 Å².